The molecule has 1 saturated carbocycles. The molecule has 5 atom stereocenters. The number of carboxylic acids is 2. The van der Waals surface area contributed by atoms with Gasteiger partial charge < -0.3 is 42.5 Å². The molecule has 0 aromatic heterocycles. The highest BCUT2D eigenvalue weighted by molar-refractivity contribution is 5.97. The number of aliphatic carboxylic acids is 2. The van der Waals surface area contributed by atoms with Crippen LogP contribution in [0.15, 0.2) is 30.3 Å². The first-order valence-electron chi connectivity index (χ1n) is 17.8. The van der Waals surface area contributed by atoms with E-state index in [1.165, 1.54) is 6.92 Å². The number of amides is 6. The molecule has 1 aromatic carbocycles. The molecular weight excluding hydrogens is 676 g/mol. The van der Waals surface area contributed by atoms with Crippen molar-refractivity contribution in [2.45, 2.75) is 128 Å². The number of carboxylic acid groups (broad SMARTS) is 2. The molecule has 2 rings (SSSR count). The number of hydrogen-bond donors (Lipinski definition) is 8. The van der Waals surface area contributed by atoms with Gasteiger partial charge in [0.25, 0.3) is 0 Å². The highest BCUT2D eigenvalue weighted by Crippen LogP contribution is 2.27. The lowest BCUT2D eigenvalue weighted by molar-refractivity contribution is -0.143. The smallest absolute Gasteiger partial charge is 0.326 e. The highest BCUT2D eigenvalue weighted by Gasteiger charge is 2.34. The summed E-state index contributed by atoms with van der Waals surface area (Å²) in [4.78, 5) is 101. The van der Waals surface area contributed by atoms with Crippen LogP contribution < -0.4 is 32.3 Å². The SMILES string of the molecule is CC(=O)NC(CCC(N)=O)C(=O)N[C@@H](CC1CCCCC1)C(=O)NC(CC(=O)O)C(=O)N[C@@H](CCC(C)C)C(=O)N[C@@H](Cc1ccccc1)C(=O)O. The maximum Gasteiger partial charge on any atom is 0.326 e. The number of carbonyl (C=O) groups excluding carboxylic acids is 6. The summed E-state index contributed by atoms with van der Waals surface area (Å²) in [6.45, 7) is 4.97. The molecule has 0 spiro atoms. The molecule has 1 aromatic rings. The molecule has 1 fully saturated rings. The van der Waals surface area contributed by atoms with E-state index < -0.39 is 84.0 Å². The van der Waals surface area contributed by atoms with Crippen molar-refractivity contribution in [2.24, 2.45) is 17.6 Å². The third-order valence-corrected chi connectivity index (χ3v) is 8.87. The van der Waals surface area contributed by atoms with Crippen molar-refractivity contribution in [2.75, 3.05) is 0 Å². The maximum absolute atomic E-state index is 13.8. The second kappa shape index (κ2) is 22.0. The van der Waals surface area contributed by atoms with Gasteiger partial charge in [0.1, 0.15) is 30.2 Å². The standard InChI is InChI=1S/C36H54N6O10/c1-21(2)14-15-26(33(48)42-29(36(51)52)19-24-12-8-5-9-13-24)39-35(50)28(20-31(45)46)41-34(49)27(18-23-10-6-4-7-11-23)40-32(47)25(38-22(3)43)16-17-30(37)44/h5,8-9,12-13,21,23,25-29H,4,6-7,10-11,14-20H2,1-3H3,(H2,37,44)(H,38,43)(H,39,50)(H,40,47)(H,41,49)(H,42,48)(H,45,46)(H,51,52)/t25?,26-,27-,28?,29-/m0/s1. The van der Waals surface area contributed by atoms with Crippen molar-refractivity contribution in [1.82, 2.24) is 26.6 Å². The molecule has 0 aliphatic heterocycles. The number of primary amides is 1. The lowest BCUT2D eigenvalue weighted by Crippen LogP contribution is -2.59. The first kappa shape index (κ1) is 43.1. The quantitative estimate of drug-likeness (QED) is 0.0836. The predicted octanol–water partition coefficient (Wildman–Crippen LogP) is 0.904. The Bertz CT molecular complexity index is 1400. The largest absolute Gasteiger partial charge is 0.481 e. The van der Waals surface area contributed by atoms with Gasteiger partial charge in [0.2, 0.25) is 35.4 Å². The molecule has 16 heteroatoms. The molecule has 9 N–H and O–H groups in total. The summed E-state index contributed by atoms with van der Waals surface area (Å²) in [5.74, 6) is -7.24. The number of rotatable bonds is 22. The number of benzene rings is 1. The van der Waals surface area contributed by atoms with E-state index in [0.717, 1.165) is 32.1 Å². The van der Waals surface area contributed by atoms with Gasteiger partial charge in [-0.15, -0.1) is 0 Å². The summed E-state index contributed by atoms with van der Waals surface area (Å²) in [5, 5.41) is 32.0. The van der Waals surface area contributed by atoms with Crippen molar-refractivity contribution in [3.05, 3.63) is 35.9 Å². The van der Waals surface area contributed by atoms with Crippen molar-refractivity contribution in [3.63, 3.8) is 0 Å². The number of carbonyl (C=O) groups is 8. The predicted molar refractivity (Wildman–Crippen MR) is 189 cm³/mol. The van der Waals surface area contributed by atoms with E-state index in [0.29, 0.717) is 12.0 Å². The minimum Gasteiger partial charge on any atom is -0.481 e. The summed E-state index contributed by atoms with van der Waals surface area (Å²) in [7, 11) is 0. The van der Waals surface area contributed by atoms with E-state index in [1.807, 2.05) is 13.8 Å². The molecule has 0 bridgehead atoms. The van der Waals surface area contributed by atoms with Crippen molar-refractivity contribution < 1.29 is 48.6 Å². The van der Waals surface area contributed by atoms with Crippen LogP contribution in [0.5, 0.6) is 0 Å². The van der Waals surface area contributed by atoms with Gasteiger partial charge in [-0.1, -0.05) is 76.3 Å². The van der Waals surface area contributed by atoms with Crippen LogP contribution in [0.4, 0.5) is 0 Å². The Labute approximate surface area is 303 Å². The third kappa shape index (κ3) is 16.3. The van der Waals surface area contributed by atoms with Crippen molar-refractivity contribution in [3.8, 4) is 0 Å². The Balaban J connectivity index is 2.31. The summed E-state index contributed by atoms with van der Waals surface area (Å²) in [5.41, 5.74) is 5.90. The molecule has 2 unspecified atom stereocenters. The first-order valence-corrected chi connectivity index (χ1v) is 17.8. The van der Waals surface area contributed by atoms with Crippen LogP contribution >= 0.6 is 0 Å². The Hall–Kier alpha value is -5.02. The van der Waals surface area contributed by atoms with Gasteiger partial charge >= 0.3 is 11.9 Å². The number of nitrogens with two attached hydrogens (primary N) is 1. The van der Waals surface area contributed by atoms with Crippen LogP contribution in [0.2, 0.25) is 0 Å². The lowest BCUT2D eigenvalue weighted by Gasteiger charge is -2.29. The average Bonchev–Trinajstić information content (AvgIpc) is 3.07. The van der Waals surface area contributed by atoms with Gasteiger partial charge in [-0.25, -0.2) is 4.79 Å². The summed E-state index contributed by atoms with van der Waals surface area (Å²) in [6.07, 6.45) is 3.89. The van der Waals surface area contributed by atoms with Crippen LogP contribution in [0.3, 0.4) is 0 Å². The molecule has 6 amide bonds. The van der Waals surface area contributed by atoms with Gasteiger partial charge in [0.15, 0.2) is 0 Å². The highest BCUT2D eigenvalue weighted by atomic mass is 16.4. The van der Waals surface area contributed by atoms with E-state index in [-0.39, 0.29) is 43.9 Å². The fourth-order valence-corrected chi connectivity index (χ4v) is 6.08. The summed E-state index contributed by atoms with van der Waals surface area (Å²) in [6, 6.07) is 1.96. The summed E-state index contributed by atoms with van der Waals surface area (Å²) >= 11 is 0. The van der Waals surface area contributed by atoms with Crippen molar-refractivity contribution in [1.29, 1.82) is 0 Å². The molecular formula is C36H54N6O10. The Morgan fingerprint density at radius 2 is 1.21 bits per heavy atom. The van der Waals surface area contributed by atoms with E-state index in [1.54, 1.807) is 30.3 Å². The summed E-state index contributed by atoms with van der Waals surface area (Å²) < 4.78 is 0. The normalized spacial score (nSPS) is 15.9. The van der Waals surface area contributed by atoms with Crippen LogP contribution in [0.25, 0.3) is 0 Å². The Morgan fingerprint density at radius 1 is 0.692 bits per heavy atom. The monoisotopic (exact) mass is 730 g/mol. The lowest BCUT2D eigenvalue weighted by atomic mass is 9.84. The number of hydrogen-bond acceptors (Lipinski definition) is 8. The molecule has 52 heavy (non-hydrogen) atoms. The van der Waals surface area contributed by atoms with Crippen LogP contribution in [-0.4, -0.2) is 87.8 Å². The molecule has 288 valence electrons. The Morgan fingerprint density at radius 3 is 1.75 bits per heavy atom. The second-order valence-corrected chi connectivity index (χ2v) is 13.8. The molecule has 0 saturated heterocycles. The fraction of sp³-hybridized carbons (Fsp3) is 0.611. The van der Waals surface area contributed by atoms with E-state index in [2.05, 4.69) is 26.6 Å². The zero-order chi connectivity index (χ0) is 38.8. The molecule has 1 aliphatic rings. The van der Waals surface area contributed by atoms with Gasteiger partial charge in [-0.05, 0) is 43.1 Å². The fourth-order valence-electron chi connectivity index (χ4n) is 6.08. The molecule has 16 nitrogen and oxygen atoms in total. The Kier molecular flexibility index (Phi) is 18.3. The second-order valence-electron chi connectivity index (χ2n) is 13.8. The van der Waals surface area contributed by atoms with E-state index in [4.69, 9.17) is 5.73 Å². The van der Waals surface area contributed by atoms with Gasteiger partial charge in [-0.2, -0.15) is 0 Å². The zero-order valence-electron chi connectivity index (χ0n) is 30.2. The first-order chi connectivity index (χ1) is 24.5. The van der Waals surface area contributed by atoms with Crippen LogP contribution in [0.1, 0.15) is 97.0 Å². The van der Waals surface area contributed by atoms with Crippen LogP contribution in [0, 0.1) is 11.8 Å². The molecule has 0 radical (unpaired) electrons. The van der Waals surface area contributed by atoms with E-state index in [9.17, 15) is 48.6 Å². The zero-order valence-corrected chi connectivity index (χ0v) is 30.2. The minimum absolute atomic E-state index is 0.0239. The van der Waals surface area contributed by atoms with Gasteiger partial charge in [-0.3, -0.25) is 33.6 Å². The van der Waals surface area contributed by atoms with Gasteiger partial charge in [0, 0.05) is 19.8 Å². The third-order valence-electron chi connectivity index (χ3n) is 8.87. The average molecular weight is 731 g/mol. The van der Waals surface area contributed by atoms with E-state index >= 15 is 0 Å². The van der Waals surface area contributed by atoms with Crippen molar-refractivity contribution >= 4 is 47.4 Å². The number of nitrogens with one attached hydrogen (secondary N) is 5. The molecule has 1 aliphatic carbocycles. The molecule has 0 heterocycles. The minimum atomic E-state index is -1.68. The topological polar surface area (TPSA) is 263 Å². The van der Waals surface area contributed by atoms with Crippen LogP contribution in [-0.2, 0) is 44.8 Å². The maximum atomic E-state index is 13.8. The van der Waals surface area contributed by atoms with Gasteiger partial charge in [0.05, 0.1) is 6.42 Å².